The lowest BCUT2D eigenvalue weighted by Gasteiger charge is -2.35. The van der Waals surface area contributed by atoms with Gasteiger partial charge < -0.3 is 24.3 Å². The van der Waals surface area contributed by atoms with Crippen molar-refractivity contribution < 1.29 is 18.7 Å². The molecule has 1 aliphatic carbocycles. The lowest BCUT2D eigenvalue weighted by molar-refractivity contribution is 0.00988. The van der Waals surface area contributed by atoms with Crippen molar-refractivity contribution in [2.24, 2.45) is 0 Å². The molecule has 3 amide bonds. The van der Waals surface area contributed by atoms with Crippen LogP contribution in [0.2, 0.25) is 0 Å². The van der Waals surface area contributed by atoms with Crippen molar-refractivity contribution in [2.45, 2.75) is 84.2 Å². The van der Waals surface area contributed by atoms with Crippen molar-refractivity contribution in [1.82, 2.24) is 9.80 Å². The zero-order valence-corrected chi connectivity index (χ0v) is 29.3. The molecular weight excluding hydrogens is 622 g/mol. The van der Waals surface area contributed by atoms with Gasteiger partial charge in [0.1, 0.15) is 11.4 Å². The summed E-state index contributed by atoms with van der Waals surface area (Å²) in [6.07, 6.45) is 6.95. The minimum Gasteiger partial charge on any atom is -0.467 e. The minimum absolute atomic E-state index is 0.206. The Labute approximate surface area is 295 Å². The average Bonchev–Trinajstić information content (AvgIpc) is 3.64. The number of rotatable bonds is 10. The fraction of sp³-hybridized carbons (Fsp3) is 0.302. The number of hydrogen-bond donors (Lipinski definition) is 1. The van der Waals surface area contributed by atoms with Gasteiger partial charge in [-0.2, -0.15) is 0 Å². The number of carbonyl (C=O) groups is 2. The molecular formula is C43H47N3O4. The lowest BCUT2D eigenvalue weighted by atomic mass is 9.94. The maximum absolute atomic E-state index is 13.5. The third kappa shape index (κ3) is 9.44. The molecule has 50 heavy (non-hydrogen) atoms. The monoisotopic (exact) mass is 669 g/mol. The van der Waals surface area contributed by atoms with Crippen LogP contribution in [-0.2, 0) is 24.4 Å². The van der Waals surface area contributed by atoms with Crippen LogP contribution in [0.15, 0.2) is 126 Å². The van der Waals surface area contributed by atoms with Crippen molar-refractivity contribution >= 4 is 17.8 Å². The molecule has 1 saturated carbocycles. The Kier molecular flexibility index (Phi) is 11.0. The normalized spacial score (nSPS) is 13.4. The van der Waals surface area contributed by atoms with Crippen molar-refractivity contribution in [2.75, 3.05) is 5.32 Å². The number of benzene rings is 4. The van der Waals surface area contributed by atoms with E-state index in [0.29, 0.717) is 25.4 Å². The molecule has 0 radical (unpaired) electrons. The lowest BCUT2D eigenvalue weighted by Crippen LogP contribution is -2.43. The number of anilines is 1. The fourth-order valence-electron chi connectivity index (χ4n) is 6.45. The number of nitrogens with one attached hydrogen (secondary N) is 1. The molecule has 7 nitrogen and oxygen atoms in total. The average molecular weight is 670 g/mol. The minimum atomic E-state index is -0.533. The summed E-state index contributed by atoms with van der Waals surface area (Å²) in [5.74, 6) is 0.713. The molecule has 1 fully saturated rings. The molecule has 0 atom stereocenters. The number of carbonyl (C=O) groups excluding carboxylic acids is 2. The van der Waals surface area contributed by atoms with E-state index < -0.39 is 5.60 Å². The summed E-state index contributed by atoms with van der Waals surface area (Å²) < 4.78 is 11.4. The van der Waals surface area contributed by atoms with E-state index in [9.17, 15) is 9.59 Å². The number of ether oxygens (including phenoxy) is 1. The molecule has 258 valence electrons. The Balaban J connectivity index is 1.11. The second kappa shape index (κ2) is 15.9. The molecule has 6 rings (SSSR count). The second-order valence-corrected chi connectivity index (χ2v) is 14.1. The Bertz CT molecular complexity index is 1810. The van der Waals surface area contributed by atoms with Crippen LogP contribution in [0.4, 0.5) is 15.3 Å². The van der Waals surface area contributed by atoms with Crippen LogP contribution in [0.25, 0.3) is 22.3 Å². The molecule has 0 unspecified atom stereocenters. The van der Waals surface area contributed by atoms with Gasteiger partial charge in [-0.1, -0.05) is 110 Å². The van der Waals surface area contributed by atoms with Gasteiger partial charge in [0.05, 0.1) is 12.8 Å². The van der Waals surface area contributed by atoms with E-state index >= 15 is 0 Å². The van der Waals surface area contributed by atoms with Crippen LogP contribution in [0.1, 0.15) is 69.8 Å². The van der Waals surface area contributed by atoms with E-state index in [1.807, 2.05) is 80.3 Å². The van der Waals surface area contributed by atoms with Gasteiger partial charge in [0, 0.05) is 24.8 Å². The zero-order valence-electron chi connectivity index (χ0n) is 29.3. The highest BCUT2D eigenvalue weighted by Crippen LogP contribution is 2.28. The number of hydrogen-bond acceptors (Lipinski definition) is 4. The molecule has 0 spiro atoms. The first-order valence-corrected chi connectivity index (χ1v) is 17.6. The zero-order chi connectivity index (χ0) is 34.9. The first-order valence-electron chi connectivity index (χ1n) is 17.6. The summed E-state index contributed by atoms with van der Waals surface area (Å²) in [5, 5.41) is 3.06. The summed E-state index contributed by atoms with van der Waals surface area (Å²) in [7, 11) is 0. The van der Waals surface area contributed by atoms with E-state index in [4.69, 9.17) is 9.15 Å². The van der Waals surface area contributed by atoms with Crippen molar-refractivity contribution in [3.8, 4) is 22.3 Å². The van der Waals surface area contributed by atoms with Crippen LogP contribution in [-0.4, -0.2) is 33.6 Å². The molecule has 4 aromatic carbocycles. The van der Waals surface area contributed by atoms with Gasteiger partial charge in [-0.15, -0.1) is 0 Å². The summed E-state index contributed by atoms with van der Waals surface area (Å²) in [4.78, 5) is 30.4. The van der Waals surface area contributed by atoms with E-state index in [1.54, 1.807) is 11.2 Å². The summed E-state index contributed by atoms with van der Waals surface area (Å²) in [6, 6.07) is 38.5. The summed E-state index contributed by atoms with van der Waals surface area (Å²) in [5.41, 5.74) is 6.67. The number of amides is 3. The highest BCUT2D eigenvalue weighted by atomic mass is 16.6. The van der Waals surface area contributed by atoms with Crippen LogP contribution >= 0.6 is 0 Å². The maximum Gasteiger partial charge on any atom is 0.410 e. The van der Waals surface area contributed by atoms with E-state index in [0.717, 1.165) is 64.8 Å². The van der Waals surface area contributed by atoms with Gasteiger partial charge in [-0.05, 0) is 91.3 Å². The standard InChI is InChI=1S/C43H47N3O4/c1-43(2,3)50-42(48)46(39-13-8-5-9-14-39)30-33-18-22-36(23-19-33)35-20-16-32(17-21-35)29-45(31-40-15-10-28-49-40)41(47)44-38-26-24-37(25-27-38)34-11-6-4-7-12-34/h4,6-7,10-12,15-28,39H,5,8-9,13-14,29-31H2,1-3H3,(H,44,47). The number of urea groups is 1. The molecule has 1 aliphatic rings. The third-order valence-electron chi connectivity index (χ3n) is 9.07. The first kappa shape index (κ1) is 34.6. The molecule has 1 heterocycles. The molecule has 1 N–H and O–H groups in total. The molecule has 5 aromatic rings. The van der Waals surface area contributed by atoms with Gasteiger partial charge in [0.25, 0.3) is 0 Å². The van der Waals surface area contributed by atoms with E-state index in [2.05, 4.69) is 66.0 Å². The largest absolute Gasteiger partial charge is 0.467 e. The molecule has 0 bridgehead atoms. The predicted octanol–water partition coefficient (Wildman–Crippen LogP) is 10.9. The van der Waals surface area contributed by atoms with Crippen molar-refractivity contribution in [1.29, 1.82) is 0 Å². The van der Waals surface area contributed by atoms with Gasteiger partial charge in [0.15, 0.2) is 0 Å². The second-order valence-electron chi connectivity index (χ2n) is 14.1. The summed E-state index contributed by atoms with van der Waals surface area (Å²) >= 11 is 0. The summed E-state index contributed by atoms with van der Waals surface area (Å²) in [6.45, 7) is 7.04. The molecule has 7 heteroatoms. The van der Waals surface area contributed by atoms with Crippen LogP contribution in [0.3, 0.4) is 0 Å². The highest BCUT2D eigenvalue weighted by molar-refractivity contribution is 5.89. The van der Waals surface area contributed by atoms with Crippen molar-refractivity contribution in [3.63, 3.8) is 0 Å². The maximum atomic E-state index is 13.5. The van der Waals surface area contributed by atoms with E-state index in [1.165, 1.54) is 6.42 Å². The Morgan fingerprint density at radius 1 is 0.680 bits per heavy atom. The molecule has 0 saturated heterocycles. The van der Waals surface area contributed by atoms with Crippen LogP contribution in [0.5, 0.6) is 0 Å². The van der Waals surface area contributed by atoms with Crippen molar-refractivity contribution in [3.05, 3.63) is 138 Å². The Morgan fingerprint density at radius 2 is 1.24 bits per heavy atom. The van der Waals surface area contributed by atoms with Gasteiger partial charge in [0.2, 0.25) is 0 Å². The SMILES string of the molecule is CC(C)(C)OC(=O)N(Cc1ccc(-c2ccc(CN(Cc3ccco3)C(=O)Nc3ccc(-c4ccccc4)cc3)cc2)cc1)C1CCCCC1. The highest BCUT2D eigenvalue weighted by Gasteiger charge is 2.29. The molecule has 0 aliphatic heterocycles. The Hall–Kier alpha value is -5.30. The topological polar surface area (TPSA) is 75.0 Å². The van der Waals surface area contributed by atoms with Crippen LogP contribution < -0.4 is 5.32 Å². The van der Waals surface area contributed by atoms with Gasteiger partial charge in [-0.3, -0.25) is 0 Å². The van der Waals surface area contributed by atoms with Crippen LogP contribution in [0, 0.1) is 0 Å². The molecule has 1 aromatic heterocycles. The Morgan fingerprint density at radius 3 is 1.80 bits per heavy atom. The van der Waals surface area contributed by atoms with Gasteiger partial charge in [-0.25, -0.2) is 9.59 Å². The first-order chi connectivity index (χ1) is 24.2. The van der Waals surface area contributed by atoms with Gasteiger partial charge >= 0.3 is 12.1 Å². The third-order valence-corrected chi connectivity index (χ3v) is 9.07. The number of nitrogens with zero attached hydrogens (tertiary/aromatic N) is 2. The quantitative estimate of drug-likeness (QED) is 0.161. The van der Waals surface area contributed by atoms with E-state index in [-0.39, 0.29) is 18.2 Å². The number of furan rings is 1. The smallest absolute Gasteiger partial charge is 0.410 e. The predicted molar refractivity (Wildman–Crippen MR) is 199 cm³/mol. The fourth-order valence-corrected chi connectivity index (χ4v) is 6.45.